The Morgan fingerprint density at radius 3 is 2.55 bits per heavy atom. The van der Waals surface area contributed by atoms with Gasteiger partial charge in [0, 0.05) is 47.9 Å². The minimum Gasteiger partial charge on any atom is -0.444 e. The van der Waals surface area contributed by atoms with Gasteiger partial charge in [0.05, 0.1) is 11.0 Å². The van der Waals surface area contributed by atoms with Crippen LogP contribution in [0.1, 0.15) is 40.2 Å². The molecule has 0 spiro atoms. The topological polar surface area (TPSA) is 78.5 Å². The van der Waals surface area contributed by atoms with Crippen LogP contribution in [-0.2, 0) is 10.3 Å². The number of nitrogens with one attached hydrogen (secondary N) is 1. The van der Waals surface area contributed by atoms with E-state index in [0.717, 1.165) is 5.56 Å². The third-order valence-electron chi connectivity index (χ3n) is 6.38. The van der Waals surface area contributed by atoms with Crippen LogP contribution in [0.25, 0.3) is 22.2 Å². The third kappa shape index (κ3) is 4.20. The monoisotopic (exact) mass is 473 g/mol. The molecule has 1 aliphatic heterocycles. The standard InChI is InChI=1S/C25H29ClFN3O3/c1-14-12-30(23(31)33-24(3,4)5)13-15(2)25(14,32)18-7-6-16(10-19(18)26)17-8-9-28-22-21(17)20(27)11-29-22/h6-11,14-15,32H,12-13H2,1-5H3,(H,28,29)/t14-,15+,25-. The number of carbonyl (C=O) groups is 1. The zero-order valence-corrected chi connectivity index (χ0v) is 20.2. The van der Waals surface area contributed by atoms with Gasteiger partial charge in [-0.15, -0.1) is 0 Å². The smallest absolute Gasteiger partial charge is 0.410 e. The normalized spacial score (nSPS) is 23.7. The number of ether oxygens (including phenoxy) is 1. The fourth-order valence-electron chi connectivity index (χ4n) is 4.77. The lowest BCUT2D eigenvalue weighted by atomic mass is 9.70. The largest absolute Gasteiger partial charge is 0.444 e. The number of aromatic amines is 1. The van der Waals surface area contributed by atoms with Gasteiger partial charge in [0.1, 0.15) is 11.2 Å². The average Bonchev–Trinajstić information content (AvgIpc) is 3.11. The molecule has 0 aliphatic carbocycles. The van der Waals surface area contributed by atoms with E-state index in [-0.39, 0.29) is 23.7 Å². The summed E-state index contributed by atoms with van der Waals surface area (Å²) >= 11 is 6.70. The number of carbonyl (C=O) groups excluding carboxylic acids is 1. The Bertz CT molecular complexity index is 1190. The van der Waals surface area contributed by atoms with Crippen LogP contribution in [0.4, 0.5) is 9.18 Å². The molecule has 0 radical (unpaired) electrons. The highest BCUT2D eigenvalue weighted by Gasteiger charge is 2.48. The van der Waals surface area contributed by atoms with E-state index in [1.54, 1.807) is 29.3 Å². The van der Waals surface area contributed by atoms with Crippen molar-refractivity contribution in [3.05, 3.63) is 53.1 Å². The van der Waals surface area contributed by atoms with E-state index >= 15 is 0 Å². The van der Waals surface area contributed by atoms with E-state index in [1.165, 1.54) is 6.20 Å². The fraction of sp³-hybridized carbons (Fsp3) is 0.440. The van der Waals surface area contributed by atoms with Crippen molar-refractivity contribution < 1.29 is 19.0 Å². The molecule has 6 nitrogen and oxygen atoms in total. The number of hydrogen-bond donors (Lipinski definition) is 2. The van der Waals surface area contributed by atoms with E-state index in [0.29, 0.717) is 40.3 Å². The maximum atomic E-state index is 14.3. The van der Waals surface area contributed by atoms with Crippen molar-refractivity contribution in [1.82, 2.24) is 14.9 Å². The summed E-state index contributed by atoms with van der Waals surface area (Å²) in [4.78, 5) is 21.2. The zero-order valence-electron chi connectivity index (χ0n) is 19.4. The highest BCUT2D eigenvalue weighted by Crippen LogP contribution is 2.45. The fourth-order valence-corrected chi connectivity index (χ4v) is 5.10. The molecule has 3 aromatic rings. The Morgan fingerprint density at radius 2 is 1.94 bits per heavy atom. The summed E-state index contributed by atoms with van der Waals surface area (Å²) < 4.78 is 19.9. The minimum atomic E-state index is -1.24. The van der Waals surface area contributed by atoms with E-state index < -0.39 is 11.2 Å². The lowest BCUT2D eigenvalue weighted by molar-refractivity contribution is -0.111. The van der Waals surface area contributed by atoms with Gasteiger partial charge in [0.25, 0.3) is 0 Å². The molecular weight excluding hydrogens is 445 g/mol. The Morgan fingerprint density at radius 1 is 1.27 bits per heavy atom. The number of hydrogen-bond acceptors (Lipinski definition) is 4. The van der Waals surface area contributed by atoms with Crippen LogP contribution in [0.2, 0.25) is 5.02 Å². The molecule has 1 aromatic carbocycles. The van der Waals surface area contributed by atoms with Crippen LogP contribution in [0.15, 0.2) is 36.7 Å². The molecule has 4 rings (SSSR count). The third-order valence-corrected chi connectivity index (χ3v) is 6.69. The first-order valence-electron chi connectivity index (χ1n) is 11.0. The molecule has 33 heavy (non-hydrogen) atoms. The molecular formula is C25H29ClFN3O3. The van der Waals surface area contributed by atoms with Crippen molar-refractivity contribution in [2.75, 3.05) is 13.1 Å². The number of H-pyrrole nitrogens is 1. The average molecular weight is 474 g/mol. The molecule has 2 aromatic heterocycles. The predicted octanol–water partition coefficient (Wildman–Crippen LogP) is 5.73. The quantitative estimate of drug-likeness (QED) is 0.498. The summed E-state index contributed by atoms with van der Waals surface area (Å²) in [7, 11) is 0. The molecule has 1 fully saturated rings. The number of piperidine rings is 1. The lowest BCUT2D eigenvalue weighted by Crippen LogP contribution is -2.56. The first kappa shape index (κ1) is 23.5. The van der Waals surface area contributed by atoms with E-state index in [2.05, 4.69) is 9.97 Å². The molecule has 0 bridgehead atoms. The number of amides is 1. The highest BCUT2D eigenvalue weighted by molar-refractivity contribution is 6.31. The number of halogens is 2. The predicted molar refractivity (Wildman–Crippen MR) is 127 cm³/mol. The van der Waals surface area contributed by atoms with Crippen molar-refractivity contribution in [3.8, 4) is 11.1 Å². The molecule has 0 saturated carbocycles. The zero-order chi connectivity index (χ0) is 24.1. The number of aromatic nitrogens is 2. The van der Waals surface area contributed by atoms with Gasteiger partial charge in [-0.3, -0.25) is 0 Å². The Balaban J connectivity index is 1.65. The van der Waals surface area contributed by atoms with Crippen molar-refractivity contribution in [1.29, 1.82) is 0 Å². The maximum absolute atomic E-state index is 14.3. The van der Waals surface area contributed by atoms with Crippen molar-refractivity contribution in [2.24, 2.45) is 11.8 Å². The van der Waals surface area contributed by atoms with Crippen molar-refractivity contribution in [2.45, 2.75) is 45.8 Å². The summed E-state index contributed by atoms with van der Waals surface area (Å²) in [6.07, 6.45) is 2.50. The number of pyridine rings is 1. The van der Waals surface area contributed by atoms with Gasteiger partial charge in [-0.25, -0.2) is 14.2 Å². The lowest BCUT2D eigenvalue weighted by Gasteiger charge is -2.48. The van der Waals surface area contributed by atoms with Crippen molar-refractivity contribution >= 4 is 28.7 Å². The number of aliphatic hydroxyl groups is 1. The summed E-state index contributed by atoms with van der Waals surface area (Å²) in [6.45, 7) is 9.97. The molecule has 3 atom stereocenters. The van der Waals surface area contributed by atoms with Gasteiger partial charge in [0.2, 0.25) is 0 Å². The highest BCUT2D eigenvalue weighted by atomic mass is 35.5. The van der Waals surface area contributed by atoms with Crippen LogP contribution < -0.4 is 0 Å². The minimum absolute atomic E-state index is 0.285. The molecule has 176 valence electrons. The van der Waals surface area contributed by atoms with Gasteiger partial charge in [-0.05, 0) is 44.0 Å². The van der Waals surface area contributed by atoms with Gasteiger partial charge in [-0.1, -0.05) is 37.6 Å². The maximum Gasteiger partial charge on any atom is 0.410 e. The van der Waals surface area contributed by atoms with Crippen LogP contribution >= 0.6 is 11.6 Å². The van der Waals surface area contributed by atoms with Crippen molar-refractivity contribution in [3.63, 3.8) is 0 Å². The Hall–Kier alpha value is -2.64. The second kappa shape index (κ2) is 8.29. The first-order valence-corrected chi connectivity index (χ1v) is 11.4. The summed E-state index contributed by atoms with van der Waals surface area (Å²) in [5.74, 6) is -0.956. The molecule has 2 N–H and O–H groups in total. The number of rotatable bonds is 2. The van der Waals surface area contributed by atoms with Crippen LogP contribution in [0.5, 0.6) is 0 Å². The Labute approximate surface area is 197 Å². The summed E-state index contributed by atoms with van der Waals surface area (Å²) in [5.41, 5.74) is 0.622. The van der Waals surface area contributed by atoms with E-state index in [9.17, 15) is 14.3 Å². The van der Waals surface area contributed by atoms with Crippen LogP contribution in [-0.4, -0.2) is 44.8 Å². The van der Waals surface area contributed by atoms with Crippen LogP contribution in [0.3, 0.4) is 0 Å². The summed E-state index contributed by atoms with van der Waals surface area (Å²) in [5, 5.41) is 12.6. The van der Waals surface area contributed by atoms with Crippen LogP contribution in [0, 0.1) is 17.7 Å². The molecule has 3 heterocycles. The summed E-state index contributed by atoms with van der Waals surface area (Å²) in [6, 6.07) is 7.12. The SMILES string of the molecule is C[C@@H]1CN(C(=O)OC(C)(C)C)C[C@H](C)[C@@]1(O)c1ccc(-c2ccnc3[nH]cc(F)c23)cc1Cl. The molecule has 1 aliphatic rings. The molecule has 8 heteroatoms. The van der Waals surface area contributed by atoms with Gasteiger partial charge in [0.15, 0.2) is 5.82 Å². The number of fused-ring (bicyclic) bond motifs is 1. The second-order valence-electron chi connectivity index (χ2n) is 9.93. The van der Waals surface area contributed by atoms with Gasteiger partial charge >= 0.3 is 6.09 Å². The second-order valence-corrected chi connectivity index (χ2v) is 10.3. The van der Waals surface area contributed by atoms with E-state index in [4.69, 9.17) is 16.3 Å². The van der Waals surface area contributed by atoms with Gasteiger partial charge < -0.3 is 19.7 Å². The molecule has 1 amide bonds. The molecule has 0 unspecified atom stereocenters. The first-order chi connectivity index (χ1) is 15.4. The number of nitrogens with zero attached hydrogens (tertiary/aromatic N) is 2. The number of benzene rings is 1. The van der Waals surface area contributed by atoms with Gasteiger partial charge in [-0.2, -0.15) is 0 Å². The molecule has 1 saturated heterocycles. The number of likely N-dealkylation sites (tertiary alicyclic amines) is 1. The Kier molecular flexibility index (Phi) is 5.91. The van der Waals surface area contributed by atoms with E-state index in [1.807, 2.05) is 40.7 Å².